The normalized spacial score (nSPS) is 11.9. The van der Waals surface area contributed by atoms with Crippen molar-refractivity contribution in [3.05, 3.63) is 52.2 Å². The van der Waals surface area contributed by atoms with Gasteiger partial charge in [-0.1, -0.05) is 18.2 Å². The van der Waals surface area contributed by atoms with Crippen LogP contribution in [-0.2, 0) is 0 Å². The summed E-state index contributed by atoms with van der Waals surface area (Å²) in [5.41, 5.74) is 1.67. The Morgan fingerprint density at radius 1 is 1.33 bits per heavy atom. The summed E-state index contributed by atoms with van der Waals surface area (Å²) in [6, 6.07) is 9.42. The van der Waals surface area contributed by atoms with Crippen molar-refractivity contribution in [2.45, 2.75) is 13.0 Å². The van der Waals surface area contributed by atoms with Gasteiger partial charge in [0.15, 0.2) is 0 Å². The molecule has 1 aromatic carbocycles. The lowest BCUT2D eigenvalue weighted by molar-refractivity contribution is 0.0940. The molecule has 0 radical (unpaired) electrons. The molecule has 0 aliphatic rings. The first kappa shape index (κ1) is 12.6. The summed E-state index contributed by atoms with van der Waals surface area (Å²) in [6.07, 6.45) is 0. The molecule has 1 aromatic heterocycles. The lowest BCUT2D eigenvalue weighted by Crippen LogP contribution is -2.26. The van der Waals surface area contributed by atoms with Crippen LogP contribution in [0.1, 0.15) is 28.9 Å². The Labute approximate surface area is 110 Å². The summed E-state index contributed by atoms with van der Waals surface area (Å²) in [5, 5.41) is 6.69. The number of ether oxygens (including phenoxy) is 1. The third-order valence-corrected chi connectivity index (χ3v) is 3.42. The Morgan fingerprint density at radius 2 is 2.11 bits per heavy atom. The number of para-hydroxylation sites is 1. The standard InChI is InChI=1S/C14H15NO2S/c1-10(12-5-3-4-6-13(12)17-2)15-14(16)11-7-8-18-9-11/h3-10H,1-2H3,(H,15,16)/t10-/m0/s1. The van der Waals surface area contributed by atoms with Crippen LogP contribution in [0.4, 0.5) is 0 Å². The van der Waals surface area contributed by atoms with Crippen molar-refractivity contribution < 1.29 is 9.53 Å². The average molecular weight is 261 g/mol. The molecule has 18 heavy (non-hydrogen) atoms. The van der Waals surface area contributed by atoms with Crippen molar-refractivity contribution in [2.24, 2.45) is 0 Å². The number of carbonyl (C=O) groups is 1. The second-order valence-corrected chi connectivity index (χ2v) is 4.73. The van der Waals surface area contributed by atoms with E-state index in [2.05, 4.69) is 5.32 Å². The first-order valence-corrected chi connectivity index (χ1v) is 6.62. The lowest BCUT2D eigenvalue weighted by atomic mass is 10.1. The molecule has 1 amide bonds. The molecular formula is C14H15NO2S. The van der Waals surface area contributed by atoms with Gasteiger partial charge >= 0.3 is 0 Å². The van der Waals surface area contributed by atoms with Crippen molar-refractivity contribution in [1.29, 1.82) is 0 Å². The summed E-state index contributed by atoms with van der Waals surface area (Å²) >= 11 is 1.51. The highest BCUT2D eigenvalue weighted by atomic mass is 32.1. The number of carbonyl (C=O) groups excluding carboxylic acids is 1. The van der Waals surface area contributed by atoms with Crippen LogP contribution in [0.2, 0.25) is 0 Å². The zero-order valence-electron chi connectivity index (χ0n) is 10.3. The molecule has 0 bridgehead atoms. The van der Waals surface area contributed by atoms with E-state index in [1.165, 1.54) is 11.3 Å². The molecule has 94 valence electrons. The van der Waals surface area contributed by atoms with E-state index < -0.39 is 0 Å². The van der Waals surface area contributed by atoms with Gasteiger partial charge in [0.05, 0.1) is 18.7 Å². The van der Waals surface area contributed by atoms with Crippen LogP contribution in [0.25, 0.3) is 0 Å². The fourth-order valence-corrected chi connectivity index (χ4v) is 2.41. The van der Waals surface area contributed by atoms with Crippen LogP contribution in [0.5, 0.6) is 5.75 Å². The summed E-state index contributed by atoms with van der Waals surface area (Å²) < 4.78 is 5.29. The number of thiophene rings is 1. The minimum atomic E-state index is -0.0893. The maximum absolute atomic E-state index is 11.9. The third kappa shape index (κ3) is 2.71. The molecule has 0 saturated heterocycles. The number of methoxy groups -OCH3 is 1. The molecular weight excluding hydrogens is 246 g/mol. The zero-order valence-corrected chi connectivity index (χ0v) is 11.2. The van der Waals surface area contributed by atoms with E-state index in [4.69, 9.17) is 4.74 Å². The van der Waals surface area contributed by atoms with E-state index in [1.807, 2.05) is 48.0 Å². The van der Waals surface area contributed by atoms with E-state index in [-0.39, 0.29) is 11.9 Å². The van der Waals surface area contributed by atoms with Gasteiger partial charge in [-0.15, -0.1) is 0 Å². The van der Waals surface area contributed by atoms with Crippen LogP contribution in [0.3, 0.4) is 0 Å². The summed E-state index contributed by atoms with van der Waals surface area (Å²) in [7, 11) is 1.63. The highest BCUT2D eigenvalue weighted by Gasteiger charge is 2.14. The first-order valence-electron chi connectivity index (χ1n) is 5.68. The van der Waals surface area contributed by atoms with Gasteiger partial charge in [0, 0.05) is 10.9 Å². The number of hydrogen-bond donors (Lipinski definition) is 1. The number of nitrogens with one attached hydrogen (secondary N) is 1. The second kappa shape index (κ2) is 5.69. The molecule has 0 aliphatic heterocycles. The van der Waals surface area contributed by atoms with Gasteiger partial charge in [0.2, 0.25) is 0 Å². The Balaban J connectivity index is 2.12. The van der Waals surface area contributed by atoms with Crippen molar-refractivity contribution in [3.63, 3.8) is 0 Å². The molecule has 1 atom stereocenters. The number of amides is 1. The Bertz CT molecular complexity index is 522. The van der Waals surface area contributed by atoms with Crippen LogP contribution in [0, 0.1) is 0 Å². The SMILES string of the molecule is COc1ccccc1[C@H](C)NC(=O)c1ccsc1. The van der Waals surface area contributed by atoms with Gasteiger partial charge in [-0.3, -0.25) is 4.79 Å². The van der Waals surface area contributed by atoms with E-state index >= 15 is 0 Å². The van der Waals surface area contributed by atoms with Gasteiger partial charge in [0.25, 0.3) is 5.91 Å². The predicted octanol–water partition coefficient (Wildman–Crippen LogP) is 3.25. The maximum atomic E-state index is 11.9. The molecule has 0 saturated carbocycles. The molecule has 0 spiro atoms. The molecule has 3 nitrogen and oxygen atoms in total. The van der Waals surface area contributed by atoms with E-state index in [0.717, 1.165) is 11.3 Å². The summed E-state index contributed by atoms with van der Waals surface area (Å²) in [5.74, 6) is 0.727. The van der Waals surface area contributed by atoms with Gasteiger partial charge in [-0.05, 0) is 24.4 Å². The van der Waals surface area contributed by atoms with Crippen LogP contribution in [0.15, 0.2) is 41.1 Å². The number of hydrogen-bond acceptors (Lipinski definition) is 3. The van der Waals surface area contributed by atoms with Crippen LogP contribution in [-0.4, -0.2) is 13.0 Å². The Hall–Kier alpha value is -1.81. The molecule has 0 fully saturated rings. The van der Waals surface area contributed by atoms with Crippen molar-refractivity contribution in [2.75, 3.05) is 7.11 Å². The Kier molecular flexibility index (Phi) is 3.99. The minimum absolute atomic E-state index is 0.0605. The minimum Gasteiger partial charge on any atom is -0.496 e. The van der Waals surface area contributed by atoms with Crippen molar-refractivity contribution >= 4 is 17.2 Å². The molecule has 4 heteroatoms. The fourth-order valence-electron chi connectivity index (χ4n) is 1.78. The van der Waals surface area contributed by atoms with Gasteiger partial charge in [-0.25, -0.2) is 0 Å². The predicted molar refractivity (Wildman–Crippen MR) is 73.2 cm³/mol. The molecule has 0 aliphatic carbocycles. The third-order valence-electron chi connectivity index (χ3n) is 2.74. The monoisotopic (exact) mass is 261 g/mol. The highest BCUT2D eigenvalue weighted by molar-refractivity contribution is 7.08. The average Bonchev–Trinajstić information content (AvgIpc) is 2.92. The topological polar surface area (TPSA) is 38.3 Å². The molecule has 2 rings (SSSR count). The van der Waals surface area contributed by atoms with Gasteiger partial charge in [0.1, 0.15) is 5.75 Å². The fraction of sp³-hybridized carbons (Fsp3) is 0.214. The van der Waals surface area contributed by atoms with E-state index in [0.29, 0.717) is 5.56 Å². The first-order chi connectivity index (χ1) is 8.72. The maximum Gasteiger partial charge on any atom is 0.252 e. The van der Waals surface area contributed by atoms with Gasteiger partial charge < -0.3 is 10.1 Å². The molecule has 1 N–H and O–H groups in total. The summed E-state index contributed by atoms with van der Waals surface area (Å²) in [6.45, 7) is 1.95. The number of benzene rings is 1. The van der Waals surface area contributed by atoms with Crippen molar-refractivity contribution in [1.82, 2.24) is 5.32 Å². The lowest BCUT2D eigenvalue weighted by Gasteiger charge is -2.16. The quantitative estimate of drug-likeness (QED) is 0.917. The second-order valence-electron chi connectivity index (χ2n) is 3.95. The van der Waals surface area contributed by atoms with E-state index in [1.54, 1.807) is 7.11 Å². The van der Waals surface area contributed by atoms with Crippen LogP contribution >= 0.6 is 11.3 Å². The highest BCUT2D eigenvalue weighted by Crippen LogP contribution is 2.24. The molecule has 1 heterocycles. The smallest absolute Gasteiger partial charge is 0.252 e. The number of rotatable bonds is 4. The van der Waals surface area contributed by atoms with Crippen LogP contribution < -0.4 is 10.1 Å². The van der Waals surface area contributed by atoms with E-state index in [9.17, 15) is 4.79 Å². The Morgan fingerprint density at radius 3 is 2.78 bits per heavy atom. The largest absolute Gasteiger partial charge is 0.496 e. The van der Waals surface area contributed by atoms with Gasteiger partial charge in [-0.2, -0.15) is 11.3 Å². The van der Waals surface area contributed by atoms with Crippen molar-refractivity contribution in [3.8, 4) is 5.75 Å². The molecule has 2 aromatic rings. The summed E-state index contributed by atoms with van der Waals surface area (Å²) in [4.78, 5) is 11.9. The zero-order chi connectivity index (χ0) is 13.0. The molecule has 0 unspecified atom stereocenters.